The van der Waals surface area contributed by atoms with Gasteiger partial charge in [-0.25, -0.2) is 0 Å². The van der Waals surface area contributed by atoms with E-state index in [1.54, 1.807) is 0 Å². The molecule has 2 amide bonds. The van der Waals surface area contributed by atoms with Crippen molar-refractivity contribution in [3.8, 4) is 11.5 Å². The number of likely N-dealkylation sites (tertiary alicyclic amines) is 1. The topological polar surface area (TPSA) is 64.7 Å². The molecule has 3 aliphatic rings. The maximum Gasteiger partial charge on any atom is 0.288 e. The number of hydrogen-bond acceptors (Lipinski definition) is 4. The molecule has 1 atom stereocenters. The lowest BCUT2D eigenvalue weighted by molar-refractivity contribution is -1.02. The van der Waals surface area contributed by atoms with Gasteiger partial charge in [0, 0.05) is 5.56 Å². The van der Waals surface area contributed by atoms with Gasteiger partial charge in [0.25, 0.3) is 5.91 Å². The molecule has 3 aliphatic heterocycles. The first-order valence-corrected chi connectivity index (χ1v) is 10.6. The third-order valence-corrected chi connectivity index (χ3v) is 6.41. The van der Waals surface area contributed by atoms with Crippen LogP contribution in [0.1, 0.15) is 17.5 Å². The van der Waals surface area contributed by atoms with Gasteiger partial charge in [-0.1, -0.05) is 30.3 Å². The van der Waals surface area contributed by atoms with Gasteiger partial charge in [-0.3, -0.25) is 14.5 Å². The second-order valence-electron chi connectivity index (χ2n) is 8.33. The summed E-state index contributed by atoms with van der Waals surface area (Å²) in [5.74, 6) is 1.58. The number of fused-ring (bicyclic) bond motifs is 1. The molecule has 7 nitrogen and oxygen atoms in total. The number of amides is 2. The van der Waals surface area contributed by atoms with Crippen LogP contribution in [0.25, 0.3) is 0 Å². The fraction of sp³-hybridized carbons (Fsp3) is 0.391. The standard InChI is InChI=1S/C23H25N3O4/c27-22-13-19(23(28)26(22)15-17-4-2-1-3-5-17)25-10-8-24(9-11-25)14-18-6-7-20-21(12-18)30-16-29-20/h1-7,12,19H,8-11,13-16H2/p+2/t19-/m1/s1. The zero-order valence-electron chi connectivity index (χ0n) is 16.9. The molecule has 7 heteroatoms. The minimum absolute atomic E-state index is 0.0157. The highest BCUT2D eigenvalue weighted by atomic mass is 16.7. The average Bonchev–Trinajstić information content (AvgIpc) is 3.34. The Hall–Kier alpha value is -2.90. The summed E-state index contributed by atoms with van der Waals surface area (Å²) in [6.07, 6.45) is 0.332. The largest absolute Gasteiger partial charge is 0.454 e. The predicted molar refractivity (Wildman–Crippen MR) is 108 cm³/mol. The van der Waals surface area contributed by atoms with Gasteiger partial charge in [0.1, 0.15) is 32.7 Å². The Morgan fingerprint density at radius 3 is 2.47 bits per heavy atom. The summed E-state index contributed by atoms with van der Waals surface area (Å²) in [5, 5.41) is 0. The number of carbonyl (C=O) groups excluding carboxylic acids is 2. The van der Waals surface area contributed by atoms with Crippen LogP contribution in [0.15, 0.2) is 48.5 Å². The van der Waals surface area contributed by atoms with Gasteiger partial charge in [-0.2, -0.15) is 0 Å². The van der Waals surface area contributed by atoms with E-state index in [4.69, 9.17) is 9.47 Å². The number of piperazine rings is 1. The Labute approximate surface area is 175 Å². The van der Waals surface area contributed by atoms with Crippen LogP contribution in [-0.4, -0.2) is 55.7 Å². The number of nitrogens with one attached hydrogen (secondary N) is 2. The number of imide groups is 1. The molecular formula is C23H27N3O4+2. The second kappa shape index (κ2) is 8.08. The molecule has 0 aromatic heterocycles. The molecule has 156 valence electrons. The van der Waals surface area contributed by atoms with Gasteiger partial charge in [-0.05, 0) is 23.8 Å². The molecule has 30 heavy (non-hydrogen) atoms. The van der Waals surface area contributed by atoms with Gasteiger partial charge >= 0.3 is 0 Å². The van der Waals surface area contributed by atoms with Crippen molar-refractivity contribution < 1.29 is 28.9 Å². The molecule has 0 aliphatic carbocycles. The second-order valence-corrected chi connectivity index (χ2v) is 8.33. The van der Waals surface area contributed by atoms with E-state index in [-0.39, 0.29) is 17.9 Å². The van der Waals surface area contributed by atoms with Crippen molar-refractivity contribution in [2.24, 2.45) is 0 Å². The minimum Gasteiger partial charge on any atom is -0.454 e. The van der Waals surface area contributed by atoms with Gasteiger partial charge in [-0.15, -0.1) is 0 Å². The number of hydrogen-bond donors (Lipinski definition) is 2. The highest BCUT2D eigenvalue weighted by Gasteiger charge is 2.46. The maximum absolute atomic E-state index is 13.0. The van der Waals surface area contributed by atoms with E-state index in [0.29, 0.717) is 19.8 Å². The van der Waals surface area contributed by atoms with E-state index in [2.05, 4.69) is 12.1 Å². The van der Waals surface area contributed by atoms with Crippen molar-refractivity contribution in [1.29, 1.82) is 0 Å². The van der Waals surface area contributed by atoms with Crippen molar-refractivity contribution in [2.45, 2.75) is 25.6 Å². The maximum atomic E-state index is 13.0. The molecule has 0 bridgehead atoms. The van der Waals surface area contributed by atoms with Crippen LogP contribution in [0, 0.1) is 0 Å². The number of nitrogens with zero attached hydrogens (tertiary/aromatic N) is 1. The molecule has 2 saturated heterocycles. The zero-order chi connectivity index (χ0) is 20.5. The fourth-order valence-electron chi connectivity index (χ4n) is 4.72. The number of quaternary nitrogens is 2. The van der Waals surface area contributed by atoms with E-state index < -0.39 is 0 Å². The summed E-state index contributed by atoms with van der Waals surface area (Å²) in [5.41, 5.74) is 2.23. The Morgan fingerprint density at radius 1 is 0.900 bits per heavy atom. The molecule has 0 radical (unpaired) electrons. The molecule has 0 unspecified atom stereocenters. The highest BCUT2D eigenvalue weighted by molar-refractivity contribution is 6.04. The van der Waals surface area contributed by atoms with Crippen molar-refractivity contribution in [2.75, 3.05) is 33.0 Å². The van der Waals surface area contributed by atoms with Crippen LogP contribution in [0.3, 0.4) is 0 Å². The first kappa shape index (κ1) is 19.1. The summed E-state index contributed by atoms with van der Waals surface area (Å²) in [7, 11) is 0. The predicted octanol–water partition coefficient (Wildman–Crippen LogP) is -0.974. The molecule has 5 rings (SSSR count). The molecule has 3 heterocycles. The van der Waals surface area contributed by atoms with Crippen LogP contribution in [0.2, 0.25) is 0 Å². The number of carbonyl (C=O) groups is 2. The summed E-state index contributed by atoms with van der Waals surface area (Å²) in [6, 6.07) is 15.6. The lowest BCUT2D eigenvalue weighted by Crippen LogP contribution is -3.29. The number of rotatable bonds is 5. The highest BCUT2D eigenvalue weighted by Crippen LogP contribution is 2.32. The van der Waals surface area contributed by atoms with Crippen LogP contribution in [-0.2, 0) is 22.7 Å². The first-order valence-electron chi connectivity index (χ1n) is 10.6. The summed E-state index contributed by atoms with van der Waals surface area (Å²) < 4.78 is 10.9. The SMILES string of the molecule is O=C1C[C@@H]([NH+]2CC[NH+](Cc3ccc4c(c3)OCO4)CC2)C(=O)N1Cc1ccccc1. The normalized spacial score (nSPS) is 25.7. The average molecular weight is 409 g/mol. The van der Waals surface area contributed by atoms with Crippen molar-refractivity contribution >= 4 is 11.8 Å². The Balaban J connectivity index is 1.16. The van der Waals surface area contributed by atoms with Crippen molar-refractivity contribution in [1.82, 2.24) is 4.90 Å². The summed E-state index contributed by atoms with van der Waals surface area (Å²) >= 11 is 0. The fourth-order valence-corrected chi connectivity index (χ4v) is 4.72. The van der Waals surface area contributed by atoms with Gasteiger partial charge in [0.15, 0.2) is 17.5 Å². The van der Waals surface area contributed by atoms with Gasteiger partial charge in [0.2, 0.25) is 12.7 Å². The van der Waals surface area contributed by atoms with Crippen LogP contribution >= 0.6 is 0 Å². The first-order chi connectivity index (χ1) is 14.7. The zero-order valence-corrected chi connectivity index (χ0v) is 16.9. The van der Waals surface area contributed by atoms with E-state index in [9.17, 15) is 9.59 Å². The van der Waals surface area contributed by atoms with Crippen LogP contribution in [0.5, 0.6) is 11.5 Å². The summed E-state index contributed by atoms with van der Waals surface area (Å²) in [6.45, 7) is 5.39. The number of ether oxygens (including phenoxy) is 2. The van der Waals surface area contributed by atoms with Gasteiger partial charge in [0.05, 0.1) is 13.0 Å². The van der Waals surface area contributed by atoms with Crippen LogP contribution in [0.4, 0.5) is 0 Å². The lowest BCUT2D eigenvalue weighted by atomic mass is 10.1. The third-order valence-electron chi connectivity index (χ3n) is 6.41. The Kier molecular flexibility index (Phi) is 5.14. The lowest BCUT2D eigenvalue weighted by Gasteiger charge is -2.32. The smallest absolute Gasteiger partial charge is 0.288 e. The Morgan fingerprint density at radius 2 is 1.67 bits per heavy atom. The monoisotopic (exact) mass is 409 g/mol. The molecule has 2 aromatic carbocycles. The van der Waals surface area contributed by atoms with E-state index >= 15 is 0 Å². The minimum atomic E-state index is -0.228. The Bertz CT molecular complexity index is 941. The van der Waals surface area contributed by atoms with E-state index in [0.717, 1.165) is 49.8 Å². The van der Waals surface area contributed by atoms with Gasteiger partial charge < -0.3 is 19.3 Å². The van der Waals surface area contributed by atoms with Crippen molar-refractivity contribution in [3.05, 3.63) is 59.7 Å². The molecule has 0 spiro atoms. The van der Waals surface area contributed by atoms with E-state index in [1.807, 2.05) is 36.4 Å². The quantitative estimate of drug-likeness (QED) is 0.624. The van der Waals surface area contributed by atoms with Crippen LogP contribution < -0.4 is 19.3 Å². The van der Waals surface area contributed by atoms with Crippen molar-refractivity contribution in [3.63, 3.8) is 0 Å². The number of benzene rings is 2. The molecule has 2 aromatic rings. The summed E-state index contributed by atoms with van der Waals surface area (Å²) in [4.78, 5) is 29.6. The molecule has 2 N–H and O–H groups in total. The molecule has 0 saturated carbocycles. The molecule has 2 fully saturated rings. The third kappa shape index (κ3) is 3.78. The molecular weight excluding hydrogens is 382 g/mol. The van der Waals surface area contributed by atoms with E-state index in [1.165, 1.54) is 20.3 Å².